The van der Waals surface area contributed by atoms with E-state index in [4.69, 9.17) is 9.84 Å². The Bertz CT molecular complexity index is 1150. The smallest absolute Gasteiger partial charge is 0.414 e. The minimum atomic E-state index is -0.939. The van der Waals surface area contributed by atoms with E-state index in [-0.39, 0.29) is 43.2 Å². The lowest BCUT2D eigenvalue weighted by molar-refractivity contribution is -0.137. The highest BCUT2D eigenvalue weighted by atomic mass is 16.5. The molecule has 4 rings (SSSR count). The zero-order valence-electron chi connectivity index (χ0n) is 17.9. The van der Waals surface area contributed by atoms with Gasteiger partial charge in [0.1, 0.15) is 6.61 Å². The van der Waals surface area contributed by atoms with Gasteiger partial charge in [0.05, 0.1) is 0 Å². The van der Waals surface area contributed by atoms with Crippen LogP contribution in [0.3, 0.4) is 0 Å². The molecule has 1 unspecified atom stereocenters. The minimum Gasteiger partial charge on any atom is -0.481 e. The molecule has 0 bridgehead atoms. The van der Waals surface area contributed by atoms with Gasteiger partial charge < -0.3 is 15.2 Å². The highest BCUT2D eigenvalue weighted by Gasteiger charge is 2.29. The molecule has 3 aromatic rings. The maximum atomic E-state index is 12.3. The lowest BCUT2D eigenvalue weighted by Crippen LogP contribution is -2.33. The second-order valence-corrected chi connectivity index (χ2v) is 7.77. The number of rotatable bonds is 8. The summed E-state index contributed by atoms with van der Waals surface area (Å²) in [5.41, 5.74) is 4.45. The number of hydrogen-bond acceptors (Lipinski definition) is 6. The highest BCUT2D eigenvalue weighted by Crippen LogP contribution is 2.44. The second kappa shape index (κ2) is 9.51. The molecule has 0 saturated carbocycles. The van der Waals surface area contributed by atoms with Crippen molar-refractivity contribution in [3.8, 4) is 11.1 Å². The number of ether oxygens (including phenoxy) is 1. The van der Waals surface area contributed by atoms with Crippen LogP contribution in [-0.2, 0) is 9.53 Å². The number of carbonyl (C=O) groups excluding carboxylic acids is 2. The minimum absolute atomic E-state index is 0.0631. The molecule has 0 aliphatic heterocycles. The van der Waals surface area contributed by atoms with Gasteiger partial charge in [0.25, 0.3) is 11.9 Å². The normalized spacial score (nSPS) is 13.0. The molecule has 0 radical (unpaired) electrons. The van der Waals surface area contributed by atoms with Crippen LogP contribution < -0.4 is 10.6 Å². The lowest BCUT2D eigenvalue weighted by atomic mass is 9.98. The fourth-order valence-electron chi connectivity index (χ4n) is 3.85. The molecule has 1 aliphatic carbocycles. The standard InChI is InChI=1S/C23H23N5O5/c1-13(10-11-19(29)30)24-21(31)20-25-22(28-27-20)26-23(32)33-12-18-16-8-4-2-6-14(16)15-7-3-5-9-17(15)18/h2-9,13,18H,10-12H2,1H3,(H,24,31)(H,29,30)(H2,25,26,27,28,32). The number of benzene rings is 2. The van der Waals surface area contributed by atoms with Crippen LogP contribution in [0.15, 0.2) is 48.5 Å². The molecule has 2 amide bonds. The van der Waals surface area contributed by atoms with E-state index in [2.05, 4.69) is 37.9 Å². The first-order valence-corrected chi connectivity index (χ1v) is 10.5. The molecule has 0 saturated heterocycles. The van der Waals surface area contributed by atoms with Crippen molar-refractivity contribution in [3.05, 3.63) is 65.5 Å². The molecule has 4 N–H and O–H groups in total. The predicted molar refractivity (Wildman–Crippen MR) is 119 cm³/mol. The number of amides is 2. The third kappa shape index (κ3) is 5.00. The number of aliphatic carboxylic acids is 1. The summed E-state index contributed by atoms with van der Waals surface area (Å²) in [4.78, 5) is 39.1. The summed E-state index contributed by atoms with van der Waals surface area (Å²) in [5, 5.41) is 20.0. The fourth-order valence-corrected chi connectivity index (χ4v) is 3.85. The van der Waals surface area contributed by atoms with Crippen LogP contribution in [0.2, 0.25) is 0 Å². The average molecular weight is 449 g/mol. The van der Waals surface area contributed by atoms with Crippen LogP contribution in [0, 0.1) is 0 Å². The number of hydrogen-bond donors (Lipinski definition) is 4. The fraction of sp³-hybridized carbons (Fsp3) is 0.261. The Morgan fingerprint density at radius 2 is 1.73 bits per heavy atom. The summed E-state index contributed by atoms with van der Waals surface area (Å²) in [6.45, 7) is 1.83. The van der Waals surface area contributed by atoms with Crippen LogP contribution in [0.5, 0.6) is 0 Å². The van der Waals surface area contributed by atoms with Crippen molar-refractivity contribution in [2.75, 3.05) is 11.9 Å². The number of H-pyrrole nitrogens is 1. The van der Waals surface area contributed by atoms with Crippen LogP contribution in [0.4, 0.5) is 10.7 Å². The zero-order valence-corrected chi connectivity index (χ0v) is 17.9. The van der Waals surface area contributed by atoms with Crippen LogP contribution >= 0.6 is 0 Å². The number of anilines is 1. The van der Waals surface area contributed by atoms with Crippen molar-refractivity contribution in [2.24, 2.45) is 0 Å². The average Bonchev–Trinajstić information content (AvgIpc) is 3.39. The summed E-state index contributed by atoms with van der Waals surface area (Å²) in [6, 6.07) is 15.7. The first-order valence-electron chi connectivity index (χ1n) is 10.5. The number of carboxylic acids is 1. The Hall–Kier alpha value is -4.21. The number of carbonyl (C=O) groups is 3. The largest absolute Gasteiger partial charge is 0.481 e. The number of carboxylic acid groups (broad SMARTS) is 1. The number of fused-ring (bicyclic) bond motifs is 3. The van der Waals surface area contributed by atoms with E-state index in [0.29, 0.717) is 0 Å². The maximum Gasteiger partial charge on any atom is 0.414 e. The predicted octanol–water partition coefficient (Wildman–Crippen LogP) is 3.15. The molecule has 10 heteroatoms. The first kappa shape index (κ1) is 22.0. The van der Waals surface area contributed by atoms with Gasteiger partial charge in [-0.05, 0) is 35.6 Å². The van der Waals surface area contributed by atoms with Gasteiger partial charge in [0.15, 0.2) is 0 Å². The summed E-state index contributed by atoms with van der Waals surface area (Å²) < 4.78 is 5.43. The van der Waals surface area contributed by atoms with Crippen LogP contribution in [-0.4, -0.2) is 50.9 Å². The Morgan fingerprint density at radius 1 is 1.09 bits per heavy atom. The molecule has 0 spiro atoms. The summed E-state index contributed by atoms with van der Waals surface area (Å²) in [5.74, 6) is -1.78. The zero-order chi connectivity index (χ0) is 23.4. The van der Waals surface area contributed by atoms with Crippen molar-refractivity contribution in [2.45, 2.75) is 31.7 Å². The van der Waals surface area contributed by atoms with E-state index in [1.807, 2.05) is 36.4 Å². The van der Waals surface area contributed by atoms with Gasteiger partial charge in [-0.15, -0.1) is 5.10 Å². The van der Waals surface area contributed by atoms with Gasteiger partial charge in [-0.25, -0.2) is 4.79 Å². The van der Waals surface area contributed by atoms with Crippen molar-refractivity contribution >= 4 is 23.9 Å². The van der Waals surface area contributed by atoms with E-state index in [1.165, 1.54) is 0 Å². The van der Waals surface area contributed by atoms with Crippen molar-refractivity contribution in [3.63, 3.8) is 0 Å². The second-order valence-electron chi connectivity index (χ2n) is 7.77. The Balaban J connectivity index is 1.33. The molecule has 33 heavy (non-hydrogen) atoms. The molecule has 1 aliphatic rings. The third-order valence-corrected chi connectivity index (χ3v) is 5.43. The van der Waals surface area contributed by atoms with E-state index in [0.717, 1.165) is 22.3 Å². The summed E-state index contributed by atoms with van der Waals surface area (Å²) >= 11 is 0. The van der Waals surface area contributed by atoms with Crippen molar-refractivity contribution < 1.29 is 24.2 Å². The molecular formula is C23H23N5O5. The Morgan fingerprint density at radius 3 is 2.36 bits per heavy atom. The topological polar surface area (TPSA) is 146 Å². The summed E-state index contributed by atoms with van der Waals surface area (Å²) in [6.07, 6.45) is -0.523. The van der Waals surface area contributed by atoms with Gasteiger partial charge in [-0.1, -0.05) is 48.5 Å². The number of nitrogens with one attached hydrogen (secondary N) is 3. The highest BCUT2D eigenvalue weighted by molar-refractivity contribution is 5.91. The van der Waals surface area contributed by atoms with Gasteiger partial charge in [0, 0.05) is 18.4 Å². The molecule has 0 fully saturated rings. The van der Waals surface area contributed by atoms with Gasteiger partial charge in [0.2, 0.25) is 5.82 Å². The first-order chi connectivity index (χ1) is 15.9. The maximum absolute atomic E-state index is 12.3. The number of aromatic amines is 1. The molecule has 1 aromatic heterocycles. The van der Waals surface area contributed by atoms with Crippen molar-refractivity contribution in [1.82, 2.24) is 20.5 Å². The number of aromatic nitrogens is 3. The van der Waals surface area contributed by atoms with Crippen LogP contribution in [0.25, 0.3) is 11.1 Å². The Kier molecular flexibility index (Phi) is 6.34. The third-order valence-electron chi connectivity index (χ3n) is 5.43. The van der Waals surface area contributed by atoms with Gasteiger partial charge in [-0.2, -0.15) is 4.98 Å². The van der Waals surface area contributed by atoms with E-state index in [9.17, 15) is 14.4 Å². The monoisotopic (exact) mass is 449 g/mol. The van der Waals surface area contributed by atoms with E-state index < -0.39 is 18.0 Å². The van der Waals surface area contributed by atoms with E-state index >= 15 is 0 Å². The molecule has 1 heterocycles. The molecule has 2 aromatic carbocycles. The molecule has 1 atom stereocenters. The SMILES string of the molecule is CC(CCC(=O)O)NC(=O)c1nc(NC(=O)OCC2c3ccccc3-c3ccccc32)n[nH]1. The van der Waals surface area contributed by atoms with E-state index in [1.54, 1.807) is 6.92 Å². The lowest BCUT2D eigenvalue weighted by Gasteiger charge is -2.13. The number of nitrogens with zero attached hydrogens (tertiary/aromatic N) is 2. The van der Waals surface area contributed by atoms with Gasteiger partial charge >= 0.3 is 12.1 Å². The molecular weight excluding hydrogens is 426 g/mol. The quantitative estimate of drug-likeness (QED) is 0.413. The van der Waals surface area contributed by atoms with Gasteiger partial charge in [-0.3, -0.25) is 20.0 Å². The van der Waals surface area contributed by atoms with Crippen LogP contribution in [0.1, 0.15) is 47.4 Å². The Labute approximate surface area is 189 Å². The molecule has 10 nitrogen and oxygen atoms in total. The summed E-state index contributed by atoms with van der Waals surface area (Å²) in [7, 11) is 0. The van der Waals surface area contributed by atoms with Crippen molar-refractivity contribution in [1.29, 1.82) is 0 Å². The molecule has 170 valence electrons.